The van der Waals surface area contributed by atoms with Crippen LogP contribution in [-0.4, -0.2) is 50.2 Å². The van der Waals surface area contributed by atoms with E-state index < -0.39 is 10.0 Å². The summed E-state index contributed by atoms with van der Waals surface area (Å²) in [4.78, 5) is 14.1. The minimum absolute atomic E-state index is 0.0818. The van der Waals surface area contributed by atoms with Gasteiger partial charge in [-0.2, -0.15) is 4.31 Å². The summed E-state index contributed by atoms with van der Waals surface area (Å²) >= 11 is 5.79. The van der Waals surface area contributed by atoms with Crippen LogP contribution in [0.1, 0.15) is 19.8 Å². The molecule has 0 N–H and O–H groups in total. The lowest BCUT2D eigenvalue weighted by atomic mass is 9.97. The number of hydrogen-bond acceptors (Lipinski definition) is 3. The Bertz CT molecular complexity index is 623. The van der Waals surface area contributed by atoms with Crippen LogP contribution in [0, 0.1) is 5.92 Å². The van der Waals surface area contributed by atoms with Crippen molar-refractivity contribution in [3.05, 3.63) is 29.3 Å². The zero-order valence-electron chi connectivity index (χ0n) is 12.8. The van der Waals surface area contributed by atoms with Crippen molar-refractivity contribution < 1.29 is 13.2 Å². The summed E-state index contributed by atoms with van der Waals surface area (Å²) in [6.45, 7) is 3.35. The Hall–Kier alpha value is -1.11. The van der Waals surface area contributed by atoms with E-state index >= 15 is 0 Å². The van der Waals surface area contributed by atoms with E-state index in [1.807, 2.05) is 6.92 Å². The Labute approximate surface area is 136 Å². The van der Waals surface area contributed by atoms with Crippen molar-refractivity contribution in [2.75, 3.05) is 26.7 Å². The third kappa shape index (κ3) is 3.62. The number of carbonyl (C=O) groups excluding carboxylic acids is 1. The van der Waals surface area contributed by atoms with Crippen LogP contribution < -0.4 is 0 Å². The molecule has 1 aliphatic heterocycles. The number of amides is 1. The van der Waals surface area contributed by atoms with E-state index in [0.717, 1.165) is 0 Å². The van der Waals surface area contributed by atoms with Crippen molar-refractivity contribution in [2.24, 2.45) is 5.92 Å². The number of hydrogen-bond donors (Lipinski definition) is 0. The van der Waals surface area contributed by atoms with Gasteiger partial charge in [0, 0.05) is 37.6 Å². The van der Waals surface area contributed by atoms with Crippen LogP contribution in [-0.2, 0) is 14.8 Å². The van der Waals surface area contributed by atoms with Crippen molar-refractivity contribution in [1.29, 1.82) is 0 Å². The van der Waals surface area contributed by atoms with Crippen LogP contribution in [0.2, 0.25) is 5.02 Å². The van der Waals surface area contributed by atoms with E-state index in [9.17, 15) is 13.2 Å². The third-order valence-electron chi connectivity index (χ3n) is 4.11. The molecule has 0 atom stereocenters. The summed E-state index contributed by atoms with van der Waals surface area (Å²) in [5, 5.41) is 0.505. The van der Waals surface area contributed by atoms with E-state index in [1.165, 1.54) is 16.4 Å². The molecule has 0 radical (unpaired) electrons. The fourth-order valence-electron chi connectivity index (χ4n) is 2.57. The lowest BCUT2D eigenvalue weighted by Gasteiger charge is -2.32. The van der Waals surface area contributed by atoms with Gasteiger partial charge in [-0.25, -0.2) is 8.42 Å². The minimum atomic E-state index is -3.50. The van der Waals surface area contributed by atoms with Crippen molar-refractivity contribution >= 4 is 27.5 Å². The minimum Gasteiger partial charge on any atom is -0.346 e. The molecule has 1 amide bonds. The van der Waals surface area contributed by atoms with Crippen molar-refractivity contribution in [2.45, 2.75) is 24.7 Å². The highest BCUT2D eigenvalue weighted by Gasteiger charge is 2.32. The van der Waals surface area contributed by atoms with E-state index in [1.54, 1.807) is 24.1 Å². The van der Waals surface area contributed by atoms with Crippen LogP contribution >= 0.6 is 11.6 Å². The maximum absolute atomic E-state index is 12.6. The predicted octanol–water partition coefficient (Wildman–Crippen LogP) is 2.22. The van der Waals surface area contributed by atoms with E-state index in [0.29, 0.717) is 37.5 Å². The molecule has 1 fully saturated rings. The number of nitrogens with zero attached hydrogens (tertiary/aromatic N) is 2. The molecule has 1 aromatic carbocycles. The molecule has 0 unspecified atom stereocenters. The first-order valence-electron chi connectivity index (χ1n) is 7.37. The lowest BCUT2D eigenvalue weighted by molar-refractivity contribution is -0.135. The Balaban J connectivity index is 2.05. The molecule has 1 heterocycles. The maximum Gasteiger partial charge on any atom is 0.243 e. The molecule has 0 bridgehead atoms. The van der Waals surface area contributed by atoms with Crippen LogP contribution in [0.25, 0.3) is 0 Å². The van der Waals surface area contributed by atoms with Crippen molar-refractivity contribution in [1.82, 2.24) is 9.21 Å². The number of benzene rings is 1. The number of rotatable bonds is 4. The Morgan fingerprint density at radius 1 is 1.27 bits per heavy atom. The Kier molecular flexibility index (Phi) is 5.47. The summed E-state index contributed by atoms with van der Waals surface area (Å²) in [6.07, 6.45) is 1.13. The highest BCUT2D eigenvalue weighted by atomic mass is 35.5. The van der Waals surface area contributed by atoms with Gasteiger partial charge in [0.1, 0.15) is 0 Å². The molecule has 5 nitrogen and oxygen atoms in total. The number of carbonyl (C=O) groups is 1. The van der Waals surface area contributed by atoms with Gasteiger partial charge in [-0.1, -0.05) is 11.6 Å². The van der Waals surface area contributed by atoms with Gasteiger partial charge in [-0.05, 0) is 44.0 Å². The van der Waals surface area contributed by atoms with Gasteiger partial charge in [0.15, 0.2) is 0 Å². The highest BCUT2D eigenvalue weighted by Crippen LogP contribution is 2.25. The maximum atomic E-state index is 12.6. The normalized spacial score (nSPS) is 17.4. The largest absolute Gasteiger partial charge is 0.346 e. The lowest BCUT2D eigenvalue weighted by Crippen LogP contribution is -2.43. The average Bonchev–Trinajstić information content (AvgIpc) is 2.54. The molecular weight excluding hydrogens is 324 g/mol. The first-order valence-corrected chi connectivity index (χ1v) is 9.18. The SMILES string of the molecule is CCN(C)C(=O)C1CCN(S(=O)(=O)c2ccc(Cl)cc2)CC1. The number of sulfonamides is 1. The molecule has 0 saturated carbocycles. The topological polar surface area (TPSA) is 57.7 Å². The first-order chi connectivity index (χ1) is 10.4. The van der Waals surface area contributed by atoms with Gasteiger partial charge in [0.2, 0.25) is 15.9 Å². The summed E-state index contributed by atoms with van der Waals surface area (Å²) in [5.41, 5.74) is 0. The van der Waals surface area contributed by atoms with Gasteiger partial charge >= 0.3 is 0 Å². The van der Waals surface area contributed by atoms with E-state index in [2.05, 4.69) is 0 Å². The average molecular weight is 345 g/mol. The molecule has 7 heteroatoms. The zero-order valence-corrected chi connectivity index (χ0v) is 14.4. The zero-order chi connectivity index (χ0) is 16.3. The van der Waals surface area contributed by atoms with Crippen molar-refractivity contribution in [3.8, 4) is 0 Å². The molecule has 1 aliphatic rings. The summed E-state index contributed by atoms with van der Waals surface area (Å²) < 4.78 is 26.6. The fraction of sp³-hybridized carbons (Fsp3) is 0.533. The molecule has 0 spiro atoms. The molecule has 0 aromatic heterocycles. The van der Waals surface area contributed by atoms with E-state index in [-0.39, 0.29) is 16.7 Å². The highest BCUT2D eigenvalue weighted by molar-refractivity contribution is 7.89. The van der Waals surface area contributed by atoms with Gasteiger partial charge in [0.25, 0.3) is 0 Å². The summed E-state index contributed by atoms with van der Waals surface area (Å²) in [6, 6.07) is 6.17. The smallest absolute Gasteiger partial charge is 0.243 e. The van der Waals surface area contributed by atoms with E-state index in [4.69, 9.17) is 11.6 Å². The van der Waals surface area contributed by atoms with Gasteiger partial charge in [-0.3, -0.25) is 4.79 Å². The standard InChI is InChI=1S/C15H21ClN2O3S/c1-3-17(2)15(19)12-8-10-18(11-9-12)22(20,21)14-6-4-13(16)5-7-14/h4-7,12H,3,8-11H2,1-2H3. The molecule has 0 aliphatic carbocycles. The quantitative estimate of drug-likeness (QED) is 0.841. The molecule has 2 rings (SSSR count). The van der Waals surface area contributed by atoms with Crippen LogP contribution in [0.15, 0.2) is 29.2 Å². The predicted molar refractivity (Wildman–Crippen MR) is 86.2 cm³/mol. The van der Waals surface area contributed by atoms with Crippen LogP contribution in [0.3, 0.4) is 0 Å². The Morgan fingerprint density at radius 3 is 2.32 bits per heavy atom. The molecule has 1 aromatic rings. The molecule has 1 saturated heterocycles. The molecule has 122 valence electrons. The van der Waals surface area contributed by atoms with Gasteiger partial charge in [-0.15, -0.1) is 0 Å². The second-order valence-electron chi connectivity index (χ2n) is 5.48. The van der Waals surface area contributed by atoms with Gasteiger partial charge in [0.05, 0.1) is 4.90 Å². The third-order valence-corrected chi connectivity index (χ3v) is 6.27. The fourth-order valence-corrected chi connectivity index (χ4v) is 4.16. The Morgan fingerprint density at radius 2 is 1.82 bits per heavy atom. The van der Waals surface area contributed by atoms with Gasteiger partial charge < -0.3 is 4.90 Å². The number of halogens is 1. The second-order valence-corrected chi connectivity index (χ2v) is 7.86. The van der Waals surface area contributed by atoms with Crippen LogP contribution in [0.5, 0.6) is 0 Å². The molecule has 22 heavy (non-hydrogen) atoms. The first kappa shape index (κ1) is 17.2. The molecular formula is C15H21ClN2O3S. The van der Waals surface area contributed by atoms with Crippen molar-refractivity contribution in [3.63, 3.8) is 0 Å². The monoisotopic (exact) mass is 344 g/mol. The second kappa shape index (κ2) is 6.98. The summed E-state index contributed by atoms with van der Waals surface area (Å²) in [7, 11) is -1.73. The number of piperidine rings is 1. The summed E-state index contributed by atoms with van der Waals surface area (Å²) in [5.74, 6) is 0.0210. The van der Waals surface area contributed by atoms with Crippen LogP contribution in [0.4, 0.5) is 0 Å².